The highest BCUT2D eigenvalue weighted by Crippen LogP contribution is 2.37. The summed E-state index contributed by atoms with van der Waals surface area (Å²) >= 11 is 0. The van der Waals surface area contributed by atoms with Gasteiger partial charge in [-0.1, -0.05) is 76.2 Å². The van der Waals surface area contributed by atoms with Gasteiger partial charge in [0, 0.05) is 34.1 Å². The summed E-state index contributed by atoms with van der Waals surface area (Å²) in [5, 5.41) is 0. The Morgan fingerprint density at radius 2 is 0.700 bits per heavy atom. The number of benzene rings is 3. The number of anilines is 2. The Morgan fingerprint density at radius 3 is 0.925 bits per heavy atom. The van der Waals surface area contributed by atoms with Gasteiger partial charge >= 0.3 is 0 Å². The summed E-state index contributed by atoms with van der Waals surface area (Å²) in [5.74, 6) is -1.19. The number of rotatable bonds is 6. The van der Waals surface area contributed by atoms with Crippen molar-refractivity contribution in [3.05, 3.63) is 118 Å². The fraction of sp³-hybridized carbons (Fsp3) is 0.235. The summed E-state index contributed by atoms with van der Waals surface area (Å²) in [6, 6.07) is 23.7. The van der Waals surface area contributed by atoms with Crippen molar-refractivity contribution in [2.75, 3.05) is 9.80 Å². The van der Waals surface area contributed by atoms with Crippen molar-refractivity contribution in [1.29, 1.82) is 0 Å². The Labute approximate surface area is 234 Å². The zero-order valence-corrected chi connectivity index (χ0v) is 23.6. The van der Waals surface area contributed by atoms with Gasteiger partial charge in [-0.2, -0.15) is 0 Å². The zero-order chi connectivity index (χ0) is 29.0. The third-order valence-corrected chi connectivity index (χ3v) is 8.22. The van der Waals surface area contributed by atoms with E-state index in [0.717, 1.165) is 22.3 Å². The van der Waals surface area contributed by atoms with Crippen LogP contribution in [0.1, 0.15) is 63.8 Å². The van der Waals surface area contributed by atoms with Crippen molar-refractivity contribution in [1.82, 2.24) is 0 Å². The van der Waals surface area contributed by atoms with Crippen molar-refractivity contribution in [2.45, 2.75) is 52.4 Å². The summed E-state index contributed by atoms with van der Waals surface area (Å²) in [6.45, 7) is 11.9. The van der Waals surface area contributed by atoms with Crippen LogP contribution in [0.25, 0.3) is 0 Å². The predicted octanol–water partition coefficient (Wildman–Crippen LogP) is 5.98. The third kappa shape index (κ3) is 4.39. The number of imide groups is 2. The Kier molecular flexibility index (Phi) is 6.45. The van der Waals surface area contributed by atoms with Gasteiger partial charge in [-0.25, -0.2) is 9.80 Å². The molecule has 202 valence electrons. The Morgan fingerprint density at radius 1 is 0.450 bits per heavy atom. The molecule has 6 heteroatoms. The normalized spacial score (nSPS) is 16.1. The zero-order valence-electron chi connectivity index (χ0n) is 23.6. The number of hydrogen-bond acceptors (Lipinski definition) is 4. The number of hydrogen-bond donors (Lipinski definition) is 0. The van der Waals surface area contributed by atoms with Crippen LogP contribution < -0.4 is 9.80 Å². The molecule has 0 aliphatic carbocycles. The van der Waals surface area contributed by atoms with Crippen LogP contribution in [0.4, 0.5) is 11.4 Å². The van der Waals surface area contributed by atoms with Crippen LogP contribution >= 0.6 is 0 Å². The van der Waals surface area contributed by atoms with Gasteiger partial charge in [0.2, 0.25) is 0 Å². The molecular weight excluding hydrogens is 500 g/mol. The molecule has 0 N–H and O–H groups in total. The van der Waals surface area contributed by atoms with Crippen LogP contribution in [-0.2, 0) is 30.0 Å². The minimum absolute atomic E-state index is 0.282. The predicted molar refractivity (Wildman–Crippen MR) is 156 cm³/mol. The lowest BCUT2D eigenvalue weighted by Crippen LogP contribution is -2.30. The van der Waals surface area contributed by atoms with Gasteiger partial charge in [0.05, 0.1) is 11.4 Å². The molecular formula is C34H32N2O4. The summed E-state index contributed by atoms with van der Waals surface area (Å²) in [5.41, 5.74) is 5.80. The van der Waals surface area contributed by atoms with Gasteiger partial charge in [0.1, 0.15) is 0 Å². The van der Waals surface area contributed by atoms with Crippen LogP contribution in [-0.4, -0.2) is 23.6 Å². The number of nitrogens with zero attached hydrogens (tertiary/aromatic N) is 2. The summed E-state index contributed by atoms with van der Waals surface area (Å²) < 4.78 is 0. The Hall–Kier alpha value is -4.58. The van der Waals surface area contributed by atoms with Crippen molar-refractivity contribution in [2.24, 2.45) is 0 Å². The fourth-order valence-corrected chi connectivity index (χ4v) is 5.36. The molecule has 0 unspecified atom stereocenters. The molecule has 0 aromatic heterocycles. The molecule has 0 fully saturated rings. The van der Waals surface area contributed by atoms with E-state index in [1.807, 2.05) is 48.5 Å². The molecule has 0 saturated carbocycles. The maximum Gasteiger partial charge on any atom is 0.261 e. The Balaban J connectivity index is 1.34. The molecule has 2 heterocycles. The molecule has 0 atom stereocenters. The highest BCUT2D eigenvalue weighted by molar-refractivity contribution is 6.31. The van der Waals surface area contributed by atoms with Crippen molar-refractivity contribution >= 4 is 35.0 Å². The second-order valence-corrected chi connectivity index (χ2v) is 11.5. The van der Waals surface area contributed by atoms with E-state index in [1.165, 1.54) is 22.0 Å². The fourth-order valence-electron chi connectivity index (χ4n) is 5.36. The maximum absolute atomic E-state index is 12.4. The van der Waals surface area contributed by atoms with E-state index >= 15 is 0 Å². The van der Waals surface area contributed by atoms with E-state index in [0.29, 0.717) is 22.5 Å². The second kappa shape index (κ2) is 9.56. The number of amides is 4. The van der Waals surface area contributed by atoms with Crippen LogP contribution in [0, 0.1) is 0 Å². The molecule has 40 heavy (non-hydrogen) atoms. The summed E-state index contributed by atoms with van der Waals surface area (Å²) in [7, 11) is 0. The molecule has 2 aliphatic heterocycles. The van der Waals surface area contributed by atoms with E-state index in [9.17, 15) is 19.2 Å². The quantitative estimate of drug-likeness (QED) is 0.366. The van der Waals surface area contributed by atoms with Crippen molar-refractivity contribution in [3.63, 3.8) is 0 Å². The van der Waals surface area contributed by atoms with Gasteiger partial charge < -0.3 is 0 Å². The van der Waals surface area contributed by atoms with Crippen molar-refractivity contribution < 1.29 is 19.2 Å². The minimum Gasteiger partial charge on any atom is -0.269 e. The van der Waals surface area contributed by atoms with Gasteiger partial charge in [-0.05, 0) is 60.4 Å². The highest BCUT2D eigenvalue weighted by Gasteiger charge is 2.32. The van der Waals surface area contributed by atoms with E-state index < -0.39 is 0 Å². The first-order chi connectivity index (χ1) is 18.8. The Bertz CT molecular complexity index is 1480. The van der Waals surface area contributed by atoms with Crippen LogP contribution in [0.3, 0.4) is 0 Å². The lowest BCUT2D eigenvalue weighted by Gasteiger charge is -2.30. The highest BCUT2D eigenvalue weighted by atomic mass is 16.2. The molecule has 5 rings (SSSR count). The monoisotopic (exact) mass is 532 g/mol. The van der Waals surface area contributed by atoms with E-state index in [1.54, 1.807) is 13.8 Å². The third-order valence-electron chi connectivity index (χ3n) is 8.22. The molecule has 4 amide bonds. The van der Waals surface area contributed by atoms with E-state index in [2.05, 4.69) is 52.0 Å². The SMILES string of the molecule is CC1=CC(=O)N(c2ccc(C(C)(C)c3ccc(C(C)(C)c4ccc(N5C(=O)C=C(C)C5=O)cc4)cc3)cc2)C1=O. The average Bonchev–Trinajstić information content (AvgIpc) is 3.34. The molecule has 2 aliphatic rings. The molecule has 0 spiro atoms. The molecule has 0 saturated heterocycles. The van der Waals surface area contributed by atoms with Crippen LogP contribution in [0.5, 0.6) is 0 Å². The lowest BCUT2D eigenvalue weighted by molar-refractivity contribution is -0.121. The summed E-state index contributed by atoms with van der Waals surface area (Å²) in [4.78, 5) is 51.6. The summed E-state index contributed by atoms with van der Waals surface area (Å²) in [6.07, 6.45) is 2.73. The molecule has 3 aromatic carbocycles. The molecule has 6 nitrogen and oxygen atoms in total. The topological polar surface area (TPSA) is 74.8 Å². The van der Waals surface area contributed by atoms with Gasteiger partial charge in [-0.15, -0.1) is 0 Å². The number of carbonyl (C=O) groups excluding carboxylic acids is 4. The van der Waals surface area contributed by atoms with Gasteiger partial charge in [-0.3, -0.25) is 19.2 Å². The standard InChI is InChI=1S/C34H32N2O4/c1-21-19-29(37)35(31(21)39)27-15-11-25(12-16-27)33(3,4)23-7-9-24(10-8-23)34(5,6)26-13-17-28(18-14-26)36-30(38)20-22(2)32(36)40/h7-20H,1-6H3. The van der Waals surface area contributed by atoms with Crippen molar-refractivity contribution in [3.8, 4) is 0 Å². The average molecular weight is 533 g/mol. The van der Waals surface area contributed by atoms with Crippen LogP contribution in [0.2, 0.25) is 0 Å². The van der Waals surface area contributed by atoms with Crippen LogP contribution in [0.15, 0.2) is 96.1 Å². The minimum atomic E-state index is -0.313. The second-order valence-electron chi connectivity index (χ2n) is 11.5. The van der Waals surface area contributed by atoms with Gasteiger partial charge in [0.25, 0.3) is 23.6 Å². The van der Waals surface area contributed by atoms with Gasteiger partial charge in [0.15, 0.2) is 0 Å². The lowest BCUT2D eigenvalue weighted by atomic mass is 9.74. The van der Waals surface area contributed by atoms with E-state index in [-0.39, 0.29) is 34.5 Å². The number of carbonyl (C=O) groups is 4. The molecule has 0 bridgehead atoms. The largest absolute Gasteiger partial charge is 0.269 e. The smallest absolute Gasteiger partial charge is 0.261 e. The molecule has 3 aromatic rings. The van der Waals surface area contributed by atoms with E-state index in [4.69, 9.17) is 0 Å². The first-order valence-electron chi connectivity index (χ1n) is 13.3. The first kappa shape index (κ1) is 27.0. The first-order valence-corrected chi connectivity index (χ1v) is 13.3. The molecule has 0 radical (unpaired) electrons. The maximum atomic E-state index is 12.4.